The Hall–Kier alpha value is 1.46. The third-order valence-corrected chi connectivity index (χ3v) is 22.6. The van der Waals surface area contributed by atoms with Gasteiger partial charge in [-0.05, 0) is 52.4 Å². The predicted molar refractivity (Wildman–Crippen MR) is 92.8 cm³/mol. The van der Waals surface area contributed by atoms with Crippen molar-refractivity contribution < 1.29 is 20.6 Å². The molecule has 0 aromatic carbocycles. The van der Waals surface area contributed by atoms with Crippen molar-refractivity contribution in [2.45, 2.75) is 52.4 Å². The lowest BCUT2D eigenvalue weighted by Crippen LogP contribution is -2.63. The minimum absolute atomic E-state index is 1.80. The normalized spacial score (nSPS) is 41.1. The number of halogens is 2. The lowest BCUT2D eigenvalue weighted by molar-refractivity contribution is 0.251. The lowest BCUT2D eigenvalue weighted by Gasteiger charge is -2.44. The van der Waals surface area contributed by atoms with Crippen molar-refractivity contribution in [3.05, 3.63) is 0 Å². The summed E-state index contributed by atoms with van der Waals surface area (Å²) in [4.78, 5) is 0. The molecule has 0 spiro atoms. The number of hydrogen-bond acceptors (Lipinski definition) is 5. The second-order valence-electron chi connectivity index (χ2n) is 6.38. The highest BCUT2D eigenvalue weighted by Crippen LogP contribution is 2.33. The van der Waals surface area contributed by atoms with Crippen LogP contribution in [0.3, 0.4) is 0 Å². The molecule has 0 saturated carbocycles. The van der Waals surface area contributed by atoms with Crippen molar-refractivity contribution in [2.75, 3.05) is 0 Å². The summed E-state index contributed by atoms with van der Waals surface area (Å²) in [5.74, 6) is 0. The SMILES string of the molecule is C[Si]1(C)O[Si](C)(C)O[Si](C)(Cl)O[Si](C)(C)O[Si](C)(Cl)O1. The standard InChI is InChI=1S/C8H24Cl2O5Si5/c1-16(2)11-17(3,4)13-20(8,10)15-18(5,6)14-19(7,9)12-16/h1-8H3. The number of hydrogen-bond donors (Lipinski definition) is 0. The van der Waals surface area contributed by atoms with Gasteiger partial charge in [0.05, 0.1) is 0 Å². The van der Waals surface area contributed by atoms with Crippen molar-refractivity contribution in [2.24, 2.45) is 0 Å². The fourth-order valence-electron chi connectivity index (χ4n) is 2.45. The Morgan fingerprint density at radius 3 is 0.900 bits per heavy atom. The zero-order chi connectivity index (χ0) is 16.0. The maximum atomic E-state index is 6.48. The van der Waals surface area contributed by atoms with Crippen LogP contribution >= 0.6 is 22.2 Å². The largest absolute Gasteiger partial charge is 0.422 e. The van der Waals surface area contributed by atoms with Crippen molar-refractivity contribution in [3.8, 4) is 0 Å². The van der Waals surface area contributed by atoms with Gasteiger partial charge in [0.1, 0.15) is 0 Å². The maximum absolute atomic E-state index is 6.48. The topological polar surface area (TPSA) is 46.2 Å². The van der Waals surface area contributed by atoms with Crippen LogP contribution in [0.1, 0.15) is 0 Å². The molecule has 12 heteroatoms. The van der Waals surface area contributed by atoms with E-state index in [-0.39, 0.29) is 0 Å². The van der Waals surface area contributed by atoms with E-state index >= 15 is 0 Å². The third-order valence-electron chi connectivity index (χ3n) is 2.20. The molecule has 5 nitrogen and oxygen atoms in total. The van der Waals surface area contributed by atoms with Crippen LogP contribution in [-0.2, 0) is 20.6 Å². The van der Waals surface area contributed by atoms with Gasteiger partial charge in [-0.2, -0.15) is 0 Å². The lowest BCUT2D eigenvalue weighted by atomic mass is 11.9. The first-order valence-corrected chi connectivity index (χ1v) is 21.5. The second kappa shape index (κ2) is 5.83. The number of rotatable bonds is 0. The molecule has 0 amide bonds. The summed E-state index contributed by atoms with van der Waals surface area (Å²) in [7, 11) is -13.1. The molecule has 0 aromatic rings. The van der Waals surface area contributed by atoms with Gasteiger partial charge in [-0.25, -0.2) is 0 Å². The molecule has 1 rings (SSSR count). The summed E-state index contributed by atoms with van der Waals surface area (Å²) in [6.07, 6.45) is 0. The predicted octanol–water partition coefficient (Wildman–Crippen LogP) is 3.80. The van der Waals surface area contributed by atoms with E-state index in [1.165, 1.54) is 0 Å². The first-order valence-electron chi connectivity index (χ1n) is 6.42. The van der Waals surface area contributed by atoms with Crippen LogP contribution in [0.4, 0.5) is 0 Å². The molecule has 0 aliphatic carbocycles. The minimum atomic E-state index is -2.85. The summed E-state index contributed by atoms with van der Waals surface area (Å²) in [6.45, 7) is 15.2. The van der Waals surface area contributed by atoms with Gasteiger partial charge >= 0.3 is 41.4 Å². The molecule has 1 aliphatic rings. The highest BCUT2D eigenvalue weighted by Gasteiger charge is 2.53. The van der Waals surface area contributed by atoms with E-state index in [1.54, 1.807) is 13.1 Å². The van der Waals surface area contributed by atoms with Gasteiger partial charge < -0.3 is 20.6 Å². The molecule has 0 radical (unpaired) electrons. The van der Waals surface area contributed by atoms with Crippen LogP contribution in [-0.4, -0.2) is 41.4 Å². The molecule has 20 heavy (non-hydrogen) atoms. The van der Waals surface area contributed by atoms with E-state index in [1.807, 2.05) is 39.3 Å². The molecule has 0 N–H and O–H groups in total. The molecule has 120 valence electrons. The summed E-state index contributed by atoms with van der Waals surface area (Å²) in [6, 6.07) is 0. The molecule has 0 bridgehead atoms. The quantitative estimate of drug-likeness (QED) is 0.448. The molecular weight excluding hydrogens is 387 g/mol. The van der Waals surface area contributed by atoms with Gasteiger partial charge in [-0.1, -0.05) is 0 Å². The molecular formula is C8H24Cl2O5Si5. The molecule has 1 aliphatic heterocycles. The molecule has 1 fully saturated rings. The minimum Gasteiger partial charge on any atom is -0.416 e. The Kier molecular flexibility index (Phi) is 5.69. The summed E-state index contributed by atoms with van der Waals surface area (Å²) < 4.78 is 30.1. The van der Waals surface area contributed by atoms with Gasteiger partial charge in [0.2, 0.25) is 0 Å². The summed E-state index contributed by atoms with van der Waals surface area (Å²) >= 11 is 13.0. The van der Waals surface area contributed by atoms with E-state index in [9.17, 15) is 0 Å². The highest BCUT2D eigenvalue weighted by molar-refractivity contribution is 7.20. The first-order chi connectivity index (χ1) is 8.54. The van der Waals surface area contributed by atoms with Crippen LogP contribution in [0.15, 0.2) is 0 Å². The Bertz CT molecular complexity index is 275. The van der Waals surface area contributed by atoms with Crippen molar-refractivity contribution in [1.29, 1.82) is 0 Å². The molecule has 2 unspecified atom stereocenters. The monoisotopic (exact) mass is 410 g/mol. The first kappa shape index (κ1) is 19.5. The van der Waals surface area contributed by atoms with E-state index < -0.39 is 41.4 Å². The van der Waals surface area contributed by atoms with Gasteiger partial charge in [0.25, 0.3) is 0 Å². The highest BCUT2D eigenvalue weighted by atomic mass is 35.6. The Morgan fingerprint density at radius 1 is 0.450 bits per heavy atom. The second-order valence-corrected chi connectivity index (χ2v) is 26.3. The van der Waals surface area contributed by atoms with Gasteiger partial charge in [0.15, 0.2) is 0 Å². The average Bonchev–Trinajstić information content (AvgIpc) is 1.84. The fraction of sp³-hybridized carbons (Fsp3) is 1.00. The van der Waals surface area contributed by atoms with Gasteiger partial charge in [0, 0.05) is 0 Å². The van der Waals surface area contributed by atoms with Crippen LogP contribution < -0.4 is 0 Å². The molecule has 0 aromatic heterocycles. The maximum Gasteiger partial charge on any atom is 0.422 e. The zero-order valence-corrected chi connectivity index (χ0v) is 19.8. The molecule has 1 heterocycles. The van der Waals surface area contributed by atoms with Crippen LogP contribution in [0.2, 0.25) is 52.4 Å². The Labute approximate surface area is 136 Å². The van der Waals surface area contributed by atoms with Crippen molar-refractivity contribution in [3.63, 3.8) is 0 Å². The van der Waals surface area contributed by atoms with E-state index in [4.69, 9.17) is 42.7 Å². The fourth-order valence-corrected chi connectivity index (χ4v) is 30.6. The van der Waals surface area contributed by atoms with Crippen LogP contribution in [0, 0.1) is 0 Å². The van der Waals surface area contributed by atoms with Crippen molar-refractivity contribution >= 4 is 63.6 Å². The van der Waals surface area contributed by atoms with Gasteiger partial charge in [-0.15, -0.1) is 22.2 Å². The smallest absolute Gasteiger partial charge is 0.416 e. The Balaban J connectivity index is 3.15. The summed E-state index contributed by atoms with van der Waals surface area (Å²) in [5.41, 5.74) is 0. The van der Waals surface area contributed by atoms with E-state index in [0.29, 0.717) is 0 Å². The zero-order valence-electron chi connectivity index (χ0n) is 13.3. The Morgan fingerprint density at radius 2 is 0.650 bits per heavy atom. The molecule has 2 atom stereocenters. The average molecular weight is 412 g/mol. The van der Waals surface area contributed by atoms with Gasteiger partial charge in [-0.3, -0.25) is 0 Å². The van der Waals surface area contributed by atoms with E-state index in [0.717, 1.165) is 0 Å². The van der Waals surface area contributed by atoms with Crippen LogP contribution in [0.5, 0.6) is 0 Å². The molecule has 1 saturated heterocycles. The third kappa shape index (κ3) is 6.70. The van der Waals surface area contributed by atoms with Crippen molar-refractivity contribution in [1.82, 2.24) is 0 Å². The van der Waals surface area contributed by atoms with E-state index in [2.05, 4.69) is 0 Å². The summed E-state index contributed by atoms with van der Waals surface area (Å²) in [5, 5.41) is 0. The van der Waals surface area contributed by atoms with Crippen LogP contribution in [0.25, 0.3) is 0 Å².